The van der Waals surface area contributed by atoms with Crippen LogP contribution in [0, 0.1) is 0 Å². The van der Waals surface area contributed by atoms with Crippen LogP contribution in [0.3, 0.4) is 0 Å². The van der Waals surface area contributed by atoms with Crippen molar-refractivity contribution in [3.8, 4) is 0 Å². The summed E-state index contributed by atoms with van der Waals surface area (Å²) in [6.07, 6.45) is 6.41. The molecule has 1 saturated carbocycles. The molecule has 0 aromatic carbocycles. The average Bonchev–Trinajstić information content (AvgIpc) is 2.67. The number of rotatable bonds is 2. The maximum atomic E-state index is 5.31. The zero-order valence-corrected chi connectivity index (χ0v) is 13.0. The molecule has 0 saturated heterocycles. The Labute approximate surface area is 117 Å². The molecule has 0 N–H and O–H groups in total. The molecule has 0 amide bonds. The second-order valence-corrected chi connectivity index (χ2v) is 10.6. The highest BCUT2D eigenvalue weighted by Gasteiger charge is 2.28. The highest BCUT2D eigenvalue weighted by Crippen LogP contribution is 2.39. The van der Waals surface area contributed by atoms with Crippen LogP contribution in [0.1, 0.15) is 56.7 Å². The molecule has 5 heteroatoms. The van der Waals surface area contributed by atoms with E-state index in [1.54, 1.807) is 0 Å². The minimum Gasteiger partial charge on any atom is -0.337 e. The number of aromatic nitrogens is 2. The van der Waals surface area contributed by atoms with Crippen LogP contribution in [-0.4, -0.2) is 10.1 Å². The fourth-order valence-corrected chi connectivity index (χ4v) is 2.38. The van der Waals surface area contributed by atoms with Crippen molar-refractivity contribution in [2.24, 2.45) is 0 Å². The van der Waals surface area contributed by atoms with Gasteiger partial charge in [0.05, 0.1) is 0 Å². The van der Waals surface area contributed by atoms with Gasteiger partial charge in [0, 0.05) is 5.92 Å². The summed E-state index contributed by atoms with van der Waals surface area (Å²) in [7, 11) is 0. The Morgan fingerprint density at radius 2 is 1.93 bits per heavy atom. The maximum absolute atomic E-state index is 5.31. The summed E-state index contributed by atoms with van der Waals surface area (Å²) in [4.78, 5) is 4.51. The van der Waals surface area contributed by atoms with Gasteiger partial charge in [-0.05, 0) is 19.8 Å². The number of hydrogen-bond donors (Lipinski definition) is 0. The van der Waals surface area contributed by atoms with E-state index in [-0.39, 0.29) is 1.43 Å². The highest BCUT2D eigenvalue weighted by atomic mass is 127. The fourth-order valence-electron chi connectivity index (χ4n) is 1.94. The van der Waals surface area contributed by atoms with Crippen LogP contribution in [0.4, 0.5) is 0 Å². The van der Waals surface area contributed by atoms with E-state index in [2.05, 4.69) is 62.2 Å². The van der Waals surface area contributed by atoms with Crippen molar-refractivity contribution < 1.29 is 4.52 Å². The number of halogens is 2. The SMILES string of the molecule is CC(I)(I)c1nc(C2CCCCC2)no1. The first-order chi connectivity index (χ1) is 7.07. The third kappa shape index (κ3) is 3.04. The number of nitrogens with zero attached hydrogens (tertiary/aromatic N) is 2. The van der Waals surface area contributed by atoms with Crippen LogP contribution in [0.25, 0.3) is 0 Å². The molecule has 1 aliphatic carbocycles. The monoisotopic (exact) mass is 432 g/mol. The minimum absolute atomic E-state index is 0.0879. The fraction of sp³-hybridized carbons (Fsp3) is 0.800. The lowest BCUT2D eigenvalue weighted by Crippen LogP contribution is -2.07. The topological polar surface area (TPSA) is 38.9 Å². The first-order valence-corrected chi connectivity index (χ1v) is 7.45. The third-order valence-corrected chi connectivity index (χ3v) is 3.71. The molecule has 1 aromatic heterocycles. The van der Waals surface area contributed by atoms with Crippen molar-refractivity contribution in [2.45, 2.75) is 46.4 Å². The van der Waals surface area contributed by atoms with Crippen molar-refractivity contribution in [1.29, 1.82) is 0 Å². The highest BCUT2D eigenvalue weighted by molar-refractivity contribution is 14.2. The molecule has 15 heavy (non-hydrogen) atoms. The van der Waals surface area contributed by atoms with Gasteiger partial charge in [0.15, 0.2) is 5.82 Å². The molecule has 0 atom stereocenters. The molecule has 0 radical (unpaired) electrons. The van der Waals surface area contributed by atoms with Gasteiger partial charge in [0.2, 0.25) is 0 Å². The van der Waals surface area contributed by atoms with Gasteiger partial charge in [-0.25, -0.2) is 0 Å². The van der Waals surface area contributed by atoms with Crippen molar-refractivity contribution in [3.63, 3.8) is 0 Å². The summed E-state index contributed by atoms with van der Waals surface area (Å²) in [5.41, 5.74) is 0. The van der Waals surface area contributed by atoms with E-state index in [4.69, 9.17) is 4.52 Å². The molecule has 1 aliphatic rings. The Morgan fingerprint density at radius 3 is 2.47 bits per heavy atom. The van der Waals surface area contributed by atoms with E-state index in [1.165, 1.54) is 32.1 Å². The van der Waals surface area contributed by atoms with Gasteiger partial charge in [-0.15, -0.1) is 0 Å². The maximum Gasteiger partial charge on any atom is 0.252 e. The summed E-state index contributed by atoms with van der Waals surface area (Å²) in [6, 6.07) is 0. The van der Waals surface area contributed by atoms with Crippen LogP contribution in [0.15, 0.2) is 4.52 Å². The van der Waals surface area contributed by atoms with E-state index in [1.807, 2.05) is 0 Å². The van der Waals surface area contributed by atoms with Crippen LogP contribution >= 0.6 is 45.2 Å². The van der Waals surface area contributed by atoms with Gasteiger partial charge in [-0.3, -0.25) is 0 Å². The molecular formula is C10H14I2N2O. The van der Waals surface area contributed by atoms with E-state index in [0.717, 1.165) is 11.7 Å². The van der Waals surface area contributed by atoms with Crippen molar-refractivity contribution in [1.82, 2.24) is 10.1 Å². The zero-order chi connectivity index (χ0) is 10.9. The molecule has 1 fully saturated rings. The van der Waals surface area contributed by atoms with E-state index in [0.29, 0.717) is 5.92 Å². The molecular weight excluding hydrogens is 418 g/mol. The van der Waals surface area contributed by atoms with Crippen LogP contribution < -0.4 is 0 Å². The molecule has 0 unspecified atom stereocenters. The lowest BCUT2D eigenvalue weighted by molar-refractivity contribution is 0.359. The van der Waals surface area contributed by atoms with Crippen LogP contribution in [0.5, 0.6) is 0 Å². The predicted octanol–water partition coefficient (Wildman–Crippen LogP) is 4.16. The Bertz CT molecular complexity index is 326. The Hall–Kier alpha value is 0.600. The lowest BCUT2D eigenvalue weighted by atomic mass is 9.89. The predicted molar refractivity (Wildman–Crippen MR) is 75.5 cm³/mol. The second-order valence-electron chi connectivity index (χ2n) is 4.18. The summed E-state index contributed by atoms with van der Waals surface area (Å²) in [5, 5.41) is 4.11. The largest absolute Gasteiger partial charge is 0.337 e. The molecule has 2 rings (SSSR count). The molecule has 0 aliphatic heterocycles. The summed E-state index contributed by atoms with van der Waals surface area (Å²) in [5.74, 6) is 2.19. The van der Waals surface area contributed by atoms with E-state index >= 15 is 0 Å². The van der Waals surface area contributed by atoms with Gasteiger partial charge in [0.1, 0.15) is 1.43 Å². The van der Waals surface area contributed by atoms with E-state index in [9.17, 15) is 0 Å². The van der Waals surface area contributed by atoms with Gasteiger partial charge in [-0.2, -0.15) is 4.98 Å². The summed E-state index contributed by atoms with van der Waals surface area (Å²) in [6.45, 7) is 2.08. The lowest BCUT2D eigenvalue weighted by Gasteiger charge is -2.17. The van der Waals surface area contributed by atoms with Crippen molar-refractivity contribution in [3.05, 3.63) is 11.7 Å². The van der Waals surface area contributed by atoms with Crippen molar-refractivity contribution >= 4 is 45.2 Å². The Kier molecular flexibility index (Phi) is 3.90. The molecule has 0 spiro atoms. The Balaban J connectivity index is 2.12. The van der Waals surface area contributed by atoms with Crippen molar-refractivity contribution in [2.75, 3.05) is 0 Å². The third-order valence-electron chi connectivity index (χ3n) is 2.79. The molecule has 3 nitrogen and oxygen atoms in total. The summed E-state index contributed by atoms with van der Waals surface area (Å²) >= 11 is 4.63. The Morgan fingerprint density at radius 1 is 1.27 bits per heavy atom. The van der Waals surface area contributed by atoms with Gasteiger partial charge in [-0.1, -0.05) is 69.6 Å². The normalized spacial score (nSPS) is 19.4. The van der Waals surface area contributed by atoms with Gasteiger partial charge in [0.25, 0.3) is 5.89 Å². The smallest absolute Gasteiger partial charge is 0.252 e. The number of alkyl halides is 2. The van der Waals surface area contributed by atoms with Gasteiger partial charge >= 0.3 is 0 Å². The van der Waals surface area contributed by atoms with Crippen LogP contribution in [-0.2, 0) is 1.43 Å². The molecule has 1 aromatic rings. The van der Waals surface area contributed by atoms with Crippen LogP contribution in [0.2, 0.25) is 0 Å². The first-order valence-electron chi connectivity index (χ1n) is 5.29. The number of hydrogen-bond acceptors (Lipinski definition) is 3. The summed E-state index contributed by atoms with van der Waals surface area (Å²) < 4.78 is 5.22. The molecule has 0 bridgehead atoms. The minimum atomic E-state index is -0.0879. The molecule has 1 heterocycles. The standard InChI is InChI=1S/C10H14I2N2O/c1-10(11,12)9-13-8(14-15-9)7-5-3-2-4-6-7/h7H,2-6H2,1H3. The quantitative estimate of drug-likeness (QED) is 0.521. The average molecular weight is 432 g/mol. The van der Waals surface area contributed by atoms with Gasteiger partial charge < -0.3 is 4.52 Å². The molecule has 84 valence electrons. The van der Waals surface area contributed by atoms with E-state index < -0.39 is 0 Å². The first kappa shape index (κ1) is 12.1. The second kappa shape index (κ2) is 4.85. The zero-order valence-electron chi connectivity index (χ0n) is 8.67.